The topological polar surface area (TPSA) is 37.4 Å². The molecule has 0 amide bonds. The van der Waals surface area contributed by atoms with Gasteiger partial charge >= 0.3 is 0 Å². The Morgan fingerprint density at radius 1 is 1.29 bits per heavy atom. The molecule has 0 aliphatic rings. The summed E-state index contributed by atoms with van der Waals surface area (Å²) in [6.45, 7) is 6.05. The Morgan fingerprint density at radius 3 is 2.29 bits per heavy atom. The van der Waals surface area contributed by atoms with Crippen LogP contribution in [0.3, 0.4) is 0 Å². The van der Waals surface area contributed by atoms with Gasteiger partial charge in [-0.25, -0.2) is 12.8 Å². The second-order valence-corrected chi connectivity index (χ2v) is 6.22. The quantitative estimate of drug-likeness (QED) is 0.778. The third-order valence-corrected chi connectivity index (χ3v) is 3.95. The van der Waals surface area contributed by atoms with Crippen molar-refractivity contribution >= 4 is 19.7 Å². The summed E-state index contributed by atoms with van der Waals surface area (Å²) < 4.78 is 35.7. The summed E-state index contributed by atoms with van der Waals surface area (Å²) in [5.41, 5.74) is 0.470. The van der Waals surface area contributed by atoms with Gasteiger partial charge in [-0.1, -0.05) is 19.9 Å². The average Bonchev–Trinajstić information content (AvgIpc) is 2.26. The van der Waals surface area contributed by atoms with Crippen molar-refractivity contribution in [3.63, 3.8) is 0 Å². The second kappa shape index (κ2) is 5.80. The molecule has 1 aromatic carbocycles. The van der Waals surface area contributed by atoms with E-state index in [2.05, 4.69) is 0 Å². The molecule has 0 aromatic heterocycles. The van der Waals surface area contributed by atoms with E-state index in [0.717, 1.165) is 19.2 Å². The lowest BCUT2D eigenvalue weighted by molar-refractivity contribution is 0.291. The first-order valence-corrected chi connectivity index (χ1v) is 7.64. The number of rotatable bonds is 5. The van der Waals surface area contributed by atoms with Gasteiger partial charge in [0, 0.05) is 22.8 Å². The van der Waals surface area contributed by atoms with Crippen LogP contribution in [0.4, 0.5) is 4.39 Å². The van der Waals surface area contributed by atoms with Gasteiger partial charge in [0.25, 0.3) is 9.05 Å². The summed E-state index contributed by atoms with van der Waals surface area (Å²) in [4.78, 5) is 1.83. The third-order valence-electron chi connectivity index (χ3n) is 2.59. The lowest BCUT2D eigenvalue weighted by Gasteiger charge is -2.18. The predicted octanol–water partition coefficient (Wildman–Crippen LogP) is 2.60. The molecule has 1 aromatic rings. The third kappa shape index (κ3) is 3.94. The molecule has 0 bridgehead atoms. The minimum atomic E-state index is -3.86. The number of hydrogen-bond donors (Lipinski definition) is 0. The van der Waals surface area contributed by atoms with Crippen molar-refractivity contribution in [2.75, 3.05) is 13.1 Å². The van der Waals surface area contributed by atoms with Crippen LogP contribution in [-0.4, -0.2) is 26.4 Å². The highest BCUT2D eigenvalue weighted by Gasteiger charge is 2.14. The van der Waals surface area contributed by atoms with Gasteiger partial charge in [-0.3, -0.25) is 4.90 Å². The van der Waals surface area contributed by atoms with Gasteiger partial charge in [-0.2, -0.15) is 0 Å². The Morgan fingerprint density at radius 2 is 1.88 bits per heavy atom. The molecule has 3 nitrogen and oxygen atoms in total. The first-order chi connectivity index (χ1) is 7.88. The zero-order valence-electron chi connectivity index (χ0n) is 9.78. The Kier molecular flexibility index (Phi) is 4.91. The van der Waals surface area contributed by atoms with Crippen LogP contribution < -0.4 is 0 Å². The summed E-state index contributed by atoms with van der Waals surface area (Å²) in [7, 11) is 1.28. The van der Waals surface area contributed by atoms with Crippen molar-refractivity contribution in [2.45, 2.75) is 25.3 Å². The lowest BCUT2D eigenvalue weighted by atomic mass is 10.2. The first kappa shape index (κ1) is 14.4. The van der Waals surface area contributed by atoms with Crippen LogP contribution in [0, 0.1) is 5.82 Å². The smallest absolute Gasteiger partial charge is 0.261 e. The molecule has 0 spiro atoms. The Bertz CT molecular complexity index is 486. The summed E-state index contributed by atoms with van der Waals surface area (Å²) >= 11 is 0. The molecule has 0 atom stereocenters. The highest BCUT2D eigenvalue weighted by molar-refractivity contribution is 8.13. The monoisotopic (exact) mass is 279 g/mol. The molecular formula is C11H15ClFNO2S. The maximum absolute atomic E-state index is 13.7. The summed E-state index contributed by atoms with van der Waals surface area (Å²) in [5.74, 6) is -0.543. The molecule has 96 valence electrons. The number of hydrogen-bond acceptors (Lipinski definition) is 3. The van der Waals surface area contributed by atoms with E-state index in [9.17, 15) is 12.8 Å². The van der Waals surface area contributed by atoms with E-state index in [1.807, 2.05) is 18.7 Å². The summed E-state index contributed by atoms with van der Waals surface area (Å²) in [6, 6.07) is 3.74. The van der Waals surface area contributed by atoms with Crippen LogP contribution in [0.25, 0.3) is 0 Å². The molecule has 0 aliphatic carbocycles. The number of nitrogens with zero attached hydrogens (tertiary/aromatic N) is 1. The fourth-order valence-corrected chi connectivity index (χ4v) is 2.26. The molecule has 0 saturated carbocycles. The van der Waals surface area contributed by atoms with Crippen LogP contribution in [-0.2, 0) is 15.6 Å². The van der Waals surface area contributed by atoms with Crippen molar-refractivity contribution in [1.29, 1.82) is 0 Å². The molecule has 0 fully saturated rings. The molecule has 0 heterocycles. The van der Waals surface area contributed by atoms with Crippen LogP contribution in [0.2, 0.25) is 0 Å². The Labute approximate surface area is 106 Å². The van der Waals surface area contributed by atoms with Crippen molar-refractivity contribution in [1.82, 2.24) is 4.90 Å². The minimum Gasteiger partial charge on any atom is -0.300 e. The fraction of sp³-hybridized carbons (Fsp3) is 0.455. The highest BCUT2D eigenvalue weighted by Crippen LogP contribution is 2.19. The van der Waals surface area contributed by atoms with Crippen LogP contribution >= 0.6 is 10.7 Å². The van der Waals surface area contributed by atoms with Crippen molar-refractivity contribution in [3.8, 4) is 0 Å². The minimum absolute atomic E-state index is 0.208. The molecule has 17 heavy (non-hydrogen) atoms. The lowest BCUT2D eigenvalue weighted by Crippen LogP contribution is -2.22. The van der Waals surface area contributed by atoms with E-state index in [1.54, 1.807) is 0 Å². The normalized spacial score (nSPS) is 12.1. The van der Waals surface area contributed by atoms with E-state index >= 15 is 0 Å². The standard InChI is InChI=1S/C11H15ClFNO2S/c1-3-14(4-2)8-9-5-6-10(7-11(9)13)17(12,15)16/h5-7H,3-4,8H2,1-2H3. The molecule has 0 N–H and O–H groups in total. The van der Waals surface area contributed by atoms with E-state index in [4.69, 9.17) is 10.7 Å². The number of halogens is 2. The molecule has 1 rings (SSSR count). The molecule has 0 saturated heterocycles. The van der Waals surface area contributed by atoms with Crippen molar-refractivity contribution in [2.24, 2.45) is 0 Å². The van der Waals surface area contributed by atoms with Crippen molar-refractivity contribution < 1.29 is 12.8 Å². The van der Waals surface area contributed by atoms with Gasteiger partial charge in [0.2, 0.25) is 0 Å². The zero-order valence-corrected chi connectivity index (χ0v) is 11.4. The molecule has 0 radical (unpaired) electrons. The molecule has 0 aliphatic heterocycles. The molecule has 6 heteroatoms. The fourth-order valence-electron chi connectivity index (χ4n) is 1.50. The Balaban J connectivity index is 2.98. The van der Waals surface area contributed by atoms with Crippen LogP contribution in [0.1, 0.15) is 19.4 Å². The SMILES string of the molecule is CCN(CC)Cc1ccc(S(=O)(=O)Cl)cc1F. The molecular weight excluding hydrogens is 265 g/mol. The van der Waals surface area contributed by atoms with Gasteiger partial charge in [-0.05, 0) is 25.2 Å². The molecule has 0 unspecified atom stereocenters. The Hall–Kier alpha value is -0.650. The summed E-state index contributed by atoms with van der Waals surface area (Å²) in [5, 5.41) is 0. The van der Waals surface area contributed by atoms with Gasteiger partial charge in [-0.15, -0.1) is 0 Å². The zero-order chi connectivity index (χ0) is 13.1. The van der Waals surface area contributed by atoms with E-state index < -0.39 is 14.9 Å². The van der Waals surface area contributed by atoms with Crippen LogP contribution in [0.5, 0.6) is 0 Å². The maximum atomic E-state index is 13.7. The average molecular weight is 280 g/mol. The van der Waals surface area contributed by atoms with Crippen molar-refractivity contribution in [3.05, 3.63) is 29.6 Å². The van der Waals surface area contributed by atoms with Gasteiger partial charge in [0.05, 0.1) is 4.90 Å². The van der Waals surface area contributed by atoms with E-state index in [0.29, 0.717) is 12.1 Å². The van der Waals surface area contributed by atoms with Gasteiger partial charge in [0.1, 0.15) is 5.82 Å². The first-order valence-electron chi connectivity index (χ1n) is 5.34. The number of benzene rings is 1. The second-order valence-electron chi connectivity index (χ2n) is 3.65. The maximum Gasteiger partial charge on any atom is 0.261 e. The predicted molar refractivity (Wildman–Crippen MR) is 66.1 cm³/mol. The van der Waals surface area contributed by atoms with Gasteiger partial charge < -0.3 is 0 Å². The van der Waals surface area contributed by atoms with Crippen LogP contribution in [0.15, 0.2) is 23.1 Å². The summed E-state index contributed by atoms with van der Waals surface area (Å²) in [6.07, 6.45) is 0. The largest absolute Gasteiger partial charge is 0.300 e. The van der Waals surface area contributed by atoms with E-state index in [1.165, 1.54) is 12.1 Å². The highest BCUT2D eigenvalue weighted by atomic mass is 35.7. The van der Waals surface area contributed by atoms with Gasteiger partial charge in [0.15, 0.2) is 0 Å². The van der Waals surface area contributed by atoms with E-state index in [-0.39, 0.29) is 4.90 Å².